The number of thioether (sulfide) groups is 1. The van der Waals surface area contributed by atoms with Gasteiger partial charge in [0, 0.05) is 4.90 Å². The zero-order valence-corrected chi connectivity index (χ0v) is 9.26. The molecule has 3 rings (SSSR count). The van der Waals surface area contributed by atoms with Crippen LogP contribution >= 0.6 is 23.4 Å². The third-order valence-corrected chi connectivity index (χ3v) is 3.80. The molecule has 0 amide bonds. The molecule has 2 aromatic rings. The van der Waals surface area contributed by atoms with Crippen LogP contribution in [0.5, 0.6) is 0 Å². The highest BCUT2D eigenvalue weighted by Crippen LogP contribution is 2.45. The van der Waals surface area contributed by atoms with Gasteiger partial charge in [0.15, 0.2) is 0 Å². The van der Waals surface area contributed by atoms with Crippen LogP contribution in [-0.4, -0.2) is 10.1 Å². The average Bonchev–Trinajstić information content (AvgIpc) is 2.82. The molecule has 0 saturated heterocycles. The van der Waals surface area contributed by atoms with E-state index >= 15 is 0 Å². The van der Waals surface area contributed by atoms with Crippen molar-refractivity contribution in [2.24, 2.45) is 0 Å². The summed E-state index contributed by atoms with van der Waals surface area (Å²) in [5.41, 5.74) is 1.34. The molecule has 1 atom stereocenters. The van der Waals surface area contributed by atoms with Crippen LogP contribution in [0.1, 0.15) is 16.7 Å². The summed E-state index contributed by atoms with van der Waals surface area (Å²) in [6, 6.07) is 8.32. The fourth-order valence-corrected chi connectivity index (χ4v) is 3.01. The number of hydrogen-bond donors (Lipinski definition) is 0. The lowest BCUT2D eigenvalue weighted by atomic mass is 10.1. The van der Waals surface area contributed by atoms with Crippen molar-refractivity contribution >= 4 is 23.4 Å². The van der Waals surface area contributed by atoms with E-state index in [2.05, 4.69) is 22.3 Å². The molecule has 0 N–H and O–H groups in total. The Morgan fingerprint density at radius 2 is 2.27 bits per heavy atom. The molecule has 1 aliphatic heterocycles. The first-order chi connectivity index (χ1) is 7.33. The zero-order valence-electron chi connectivity index (χ0n) is 7.68. The zero-order chi connectivity index (χ0) is 10.3. The second kappa shape index (κ2) is 3.54. The standard InChI is InChI=1S/C10H7ClN2OS/c11-10-12-9(14-13-10)8-5-6-3-1-2-4-7(6)15-8/h1-4,8H,5H2. The van der Waals surface area contributed by atoms with Crippen molar-refractivity contribution in [2.75, 3.05) is 0 Å². The fourth-order valence-electron chi connectivity index (χ4n) is 1.67. The molecule has 1 aromatic carbocycles. The van der Waals surface area contributed by atoms with Crippen LogP contribution in [0.25, 0.3) is 0 Å². The highest BCUT2D eigenvalue weighted by molar-refractivity contribution is 7.99. The van der Waals surface area contributed by atoms with Crippen molar-refractivity contribution in [3.05, 3.63) is 41.0 Å². The highest BCUT2D eigenvalue weighted by Gasteiger charge is 2.27. The molecule has 76 valence electrons. The minimum atomic E-state index is 0.182. The Labute approximate surface area is 95.8 Å². The third kappa shape index (κ3) is 1.64. The van der Waals surface area contributed by atoms with Gasteiger partial charge in [0.05, 0.1) is 5.25 Å². The van der Waals surface area contributed by atoms with E-state index < -0.39 is 0 Å². The predicted octanol–water partition coefficient (Wildman–Crippen LogP) is 3.11. The number of halogens is 1. The van der Waals surface area contributed by atoms with Crippen molar-refractivity contribution in [3.63, 3.8) is 0 Å². The smallest absolute Gasteiger partial charge is 0.263 e. The molecule has 0 radical (unpaired) electrons. The van der Waals surface area contributed by atoms with E-state index in [0.717, 1.165) is 6.42 Å². The van der Waals surface area contributed by atoms with Gasteiger partial charge in [-0.15, -0.1) is 11.8 Å². The van der Waals surface area contributed by atoms with Crippen LogP contribution in [0.3, 0.4) is 0 Å². The third-order valence-electron chi connectivity index (χ3n) is 2.34. The van der Waals surface area contributed by atoms with Gasteiger partial charge in [-0.25, -0.2) is 0 Å². The summed E-state index contributed by atoms with van der Waals surface area (Å²) >= 11 is 7.37. The highest BCUT2D eigenvalue weighted by atomic mass is 35.5. The van der Waals surface area contributed by atoms with Crippen LogP contribution in [0.15, 0.2) is 33.7 Å². The topological polar surface area (TPSA) is 38.9 Å². The molecule has 0 aliphatic carbocycles. The molecule has 0 spiro atoms. The molecule has 3 nitrogen and oxygen atoms in total. The maximum Gasteiger partial charge on any atom is 0.263 e. The van der Waals surface area contributed by atoms with Crippen molar-refractivity contribution in [1.82, 2.24) is 10.1 Å². The lowest BCUT2D eigenvalue weighted by Crippen LogP contribution is -1.91. The number of fused-ring (bicyclic) bond motifs is 1. The molecular weight excluding hydrogens is 232 g/mol. The van der Waals surface area contributed by atoms with E-state index in [1.165, 1.54) is 10.5 Å². The van der Waals surface area contributed by atoms with Gasteiger partial charge in [0.2, 0.25) is 5.89 Å². The number of hydrogen-bond acceptors (Lipinski definition) is 4. The van der Waals surface area contributed by atoms with Crippen LogP contribution in [0, 0.1) is 0 Å². The number of rotatable bonds is 1. The van der Waals surface area contributed by atoms with E-state index in [9.17, 15) is 0 Å². The summed E-state index contributed by atoms with van der Waals surface area (Å²) in [6.07, 6.45) is 0.930. The largest absolute Gasteiger partial charge is 0.337 e. The quantitative estimate of drug-likeness (QED) is 0.765. The molecule has 1 aromatic heterocycles. The van der Waals surface area contributed by atoms with Crippen LogP contribution in [0.4, 0.5) is 0 Å². The van der Waals surface area contributed by atoms with Crippen LogP contribution in [0.2, 0.25) is 5.28 Å². The first-order valence-corrected chi connectivity index (χ1v) is 5.82. The summed E-state index contributed by atoms with van der Waals surface area (Å²) in [6.45, 7) is 0. The van der Waals surface area contributed by atoms with E-state index in [1.54, 1.807) is 11.8 Å². The Bertz CT molecular complexity index is 475. The predicted molar refractivity (Wildman–Crippen MR) is 58.1 cm³/mol. The maximum absolute atomic E-state index is 5.62. The first-order valence-electron chi connectivity index (χ1n) is 4.56. The first kappa shape index (κ1) is 9.24. The molecule has 0 saturated carbocycles. The van der Waals surface area contributed by atoms with Crippen LogP contribution in [-0.2, 0) is 6.42 Å². The Hall–Kier alpha value is -1.00. The van der Waals surface area contributed by atoms with Gasteiger partial charge >= 0.3 is 0 Å². The van der Waals surface area contributed by atoms with Crippen molar-refractivity contribution < 1.29 is 4.52 Å². The van der Waals surface area contributed by atoms with Crippen LogP contribution < -0.4 is 0 Å². The summed E-state index contributed by atoms with van der Waals surface area (Å²) in [5, 5.41) is 3.98. The monoisotopic (exact) mass is 238 g/mol. The number of benzene rings is 1. The number of nitrogens with zero attached hydrogens (tertiary/aromatic N) is 2. The lowest BCUT2D eigenvalue weighted by molar-refractivity contribution is 0.376. The van der Waals surface area contributed by atoms with Crippen molar-refractivity contribution in [2.45, 2.75) is 16.6 Å². The molecule has 0 bridgehead atoms. The second-order valence-corrected chi connectivity index (χ2v) is 4.90. The summed E-state index contributed by atoms with van der Waals surface area (Å²) < 4.78 is 5.07. The molecule has 0 fully saturated rings. The van der Waals surface area contributed by atoms with E-state index in [1.807, 2.05) is 12.1 Å². The molecule has 2 heterocycles. The Balaban J connectivity index is 1.90. The Morgan fingerprint density at radius 1 is 1.40 bits per heavy atom. The van der Waals surface area contributed by atoms with Gasteiger partial charge in [-0.05, 0) is 34.8 Å². The minimum Gasteiger partial charge on any atom is -0.337 e. The van der Waals surface area contributed by atoms with Gasteiger partial charge < -0.3 is 4.52 Å². The fraction of sp³-hybridized carbons (Fsp3) is 0.200. The van der Waals surface area contributed by atoms with Gasteiger partial charge in [-0.2, -0.15) is 4.98 Å². The van der Waals surface area contributed by atoms with Gasteiger partial charge in [0.25, 0.3) is 5.28 Å². The SMILES string of the molecule is Clc1noc(C2Cc3ccccc3S2)n1. The van der Waals surface area contributed by atoms with Gasteiger partial charge in [-0.3, -0.25) is 0 Å². The molecule has 15 heavy (non-hydrogen) atoms. The lowest BCUT2D eigenvalue weighted by Gasteiger charge is -1.99. The normalized spacial score (nSPS) is 19.1. The Morgan fingerprint density at radius 3 is 3.00 bits per heavy atom. The van der Waals surface area contributed by atoms with Crippen molar-refractivity contribution in [3.8, 4) is 0 Å². The summed E-state index contributed by atoms with van der Waals surface area (Å²) in [5.74, 6) is 0.612. The molecule has 1 aliphatic rings. The molecule has 5 heteroatoms. The Kier molecular flexibility index (Phi) is 2.18. The van der Waals surface area contributed by atoms with E-state index in [4.69, 9.17) is 16.1 Å². The van der Waals surface area contributed by atoms with E-state index in [-0.39, 0.29) is 10.5 Å². The minimum absolute atomic E-state index is 0.182. The molecular formula is C10H7ClN2OS. The van der Waals surface area contributed by atoms with Gasteiger partial charge in [0.1, 0.15) is 0 Å². The van der Waals surface area contributed by atoms with Crippen molar-refractivity contribution in [1.29, 1.82) is 0 Å². The maximum atomic E-state index is 5.62. The van der Waals surface area contributed by atoms with Gasteiger partial charge in [-0.1, -0.05) is 18.2 Å². The second-order valence-electron chi connectivity index (χ2n) is 3.32. The summed E-state index contributed by atoms with van der Waals surface area (Å²) in [4.78, 5) is 5.33. The number of aromatic nitrogens is 2. The van der Waals surface area contributed by atoms with E-state index in [0.29, 0.717) is 5.89 Å². The summed E-state index contributed by atoms with van der Waals surface area (Å²) in [7, 11) is 0. The average molecular weight is 239 g/mol. The molecule has 1 unspecified atom stereocenters.